The number of fused-ring (bicyclic) bond motifs is 1. The number of thioether (sulfide) groups is 1. The van der Waals surface area contributed by atoms with Gasteiger partial charge in [0.15, 0.2) is 5.16 Å². The van der Waals surface area contributed by atoms with Crippen LogP contribution in [0.2, 0.25) is 0 Å². The number of halogens is 3. The van der Waals surface area contributed by atoms with Crippen molar-refractivity contribution in [1.82, 2.24) is 14.9 Å². The van der Waals surface area contributed by atoms with Gasteiger partial charge in [0.2, 0.25) is 11.8 Å². The number of alkyl halides is 3. The number of benzene rings is 3. The van der Waals surface area contributed by atoms with Crippen LogP contribution in [0.5, 0.6) is 0 Å². The van der Waals surface area contributed by atoms with Gasteiger partial charge in [-0.2, -0.15) is 13.2 Å². The Morgan fingerprint density at radius 1 is 0.897 bits per heavy atom. The molecule has 3 aromatic carbocycles. The maximum atomic E-state index is 13.3. The summed E-state index contributed by atoms with van der Waals surface area (Å²) in [6.45, 7) is 0.571. The molecule has 0 spiro atoms. The third-order valence-electron chi connectivity index (χ3n) is 5.78. The van der Waals surface area contributed by atoms with Crippen molar-refractivity contribution in [2.45, 2.75) is 37.3 Å². The van der Waals surface area contributed by atoms with Crippen molar-refractivity contribution in [1.29, 1.82) is 0 Å². The molecule has 4 rings (SSSR count). The van der Waals surface area contributed by atoms with Crippen molar-refractivity contribution in [2.75, 3.05) is 11.1 Å². The van der Waals surface area contributed by atoms with Gasteiger partial charge in [0, 0.05) is 19.5 Å². The Labute approximate surface area is 226 Å². The molecule has 11 heteroatoms. The Balaban J connectivity index is 1.44. The molecule has 2 amide bonds. The number of hydrogen-bond acceptors (Lipinski definition) is 5. The average molecular weight is 555 g/mol. The summed E-state index contributed by atoms with van der Waals surface area (Å²) in [7, 11) is 0. The van der Waals surface area contributed by atoms with Crippen LogP contribution in [-0.4, -0.2) is 27.1 Å². The van der Waals surface area contributed by atoms with E-state index in [0.29, 0.717) is 23.9 Å². The SMILES string of the molecule is O=C(CCCn1c(SCC(=O)Nc2ccccc2C(F)(F)F)nc2ccccc2c1=O)NCc1ccccc1. The van der Waals surface area contributed by atoms with Crippen LogP contribution in [0.1, 0.15) is 24.0 Å². The van der Waals surface area contributed by atoms with Crippen molar-refractivity contribution >= 4 is 40.2 Å². The summed E-state index contributed by atoms with van der Waals surface area (Å²) in [6, 6.07) is 20.9. The first-order chi connectivity index (χ1) is 18.7. The topological polar surface area (TPSA) is 93.1 Å². The minimum atomic E-state index is -4.62. The summed E-state index contributed by atoms with van der Waals surface area (Å²) >= 11 is 0.941. The van der Waals surface area contributed by atoms with Gasteiger partial charge in [0.1, 0.15) is 0 Å². The van der Waals surface area contributed by atoms with Crippen LogP contribution in [0.15, 0.2) is 88.8 Å². The molecule has 0 atom stereocenters. The van der Waals surface area contributed by atoms with Crippen molar-refractivity contribution in [3.8, 4) is 0 Å². The van der Waals surface area contributed by atoms with Crippen LogP contribution in [0.3, 0.4) is 0 Å². The molecule has 4 aromatic rings. The quantitative estimate of drug-likeness (QED) is 0.207. The smallest absolute Gasteiger partial charge is 0.352 e. The van der Waals surface area contributed by atoms with E-state index in [0.717, 1.165) is 23.4 Å². The normalized spacial score (nSPS) is 11.4. The molecule has 0 aliphatic heterocycles. The van der Waals surface area contributed by atoms with Crippen LogP contribution < -0.4 is 16.2 Å². The predicted octanol–water partition coefficient (Wildman–Crippen LogP) is 5.24. The lowest BCUT2D eigenvalue weighted by Gasteiger charge is -2.15. The summed E-state index contributed by atoms with van der Waals surface area (Å²) in [6.07, 6.45) is -4.10. The number of nitrogens with zero attached hydrogens (tertiary/aromatic N) is 2. The van der Waals surface area contributed by atoms with Crippen molar-refractivity contribution in [2.24, 2.45) is 0 Å². The van der Waals surface area contributed by atoms with Gasteiger partial charge in [0.25, 0.3) is 5.56 Å². The molecule has 0 fully saturated rings. The van der Waals surface area contributed by atoms with Gasteiger partial charge in [-0.3, -0.25) is 19.0 Å². The molecule has 1 heterocycles. The Morgan fingerprint density at radius 3 is 2.36 bits per heavy atom. The fourth-order valence-electron chi connectivity index (χ4n) is 3.89. The number of carbonyl (C=O) groups excluding carboxylic acids is 2. The van der Waals surface area contributed by atoms with Crippen LogP contribution in [0, 0.1) is 0 Å². The zero-order chi connectivity index (χ0) is 27.8. The number of amides is 2. The number of para-hydroxylation sites is 2. The van der Waals surface area contributed by atoms with Gasteiger partial charge in [-0.1, -0.05) is 66.4 Å². The van der Waals surface area contributed by atoms with Crippen LogP contribution in [0.25, 0.3) is 10.9 Å². The predicted molar refractivity (Wildman–Crippen MR) is 144 cm³/mol. The van der Waals surface area contributed by atoms with Crippen molar-refractivity contribution < 1.29 is 22.8 Å². The maximum absolute atomic E-state index is 13.3. The monoisotopic (exact) mass is 554 g/mol. The summed E-state index contributed by atoms with van der Waals surface area (Å²) in [5.41, 5.74) is -0.216. The molecule has 7 nitrogen and oxygen atoms in total. The number of hydrogen-bond donors (Lipinski definition) is 2. The second kappa shape index (κ2) is 12.6. The Bertz CT molecular complexity index is 1520. The number of rotatable bonds is 10. The first-order valence-corrected chi connectivity index (χ1v) is 13.1. The number of nitrogens with one attached hydrogen (secondary N) is 2. The Hall–Kier alpha value is -4.12. The average Bonchev–Trinajstić information content (AvgIpc) is 2.92. The molecule has 0 unspecified atom stereocenters. The Morgan fingerprint density at radius 2 is 1.59 bits per heavy atom. The standard InChI is InChI=1S/C28H25F3N4O3S/c29-28(30,31)21-12-5-7-14-23(21)33-25(37)18-39-27-34-22-13-6-4-11-20(22)26(38)35(27)16-8-15-24(36)32-17-19-9-2-1-3-10-19/h1-7,9-14H,8,15-18H2,(H,32,36)(H,33,37). The lowest BCUT2D eigenvalue weighted by atomic mass is 10.1. The van der Waals surface area contributed by atoms with E-state index in [-0.39, 0.29) is 41.0 Å². The molecule has 39 heavy (non-hydrogen) atoms. The van der Waals surface area contributed by atoms with Gasteiger partial charge < -0.3 is 10.6 Å². The summed E-state index contributed by atoms with van der Waals surface area (Å²) in [5, 5.41) is 5.77. The van der Waals surface area contributed by atoms with E-state index in [1.807, 2.05) is 30.3 Å². The van der Waals surface area contributed by atoms with Crippen LogP contribution in [0.4, 0.5) is 18.9 Å². The number of aromatic nitrogens is 2. The third-order valence-corrected chi connectivity index (χ3v) is 6.76. The highest BCUT2D eigenvalue weighted by molar-refractivity contribution is 7.99. The van der Waals surface area contributed by atoms with E-state index in [1.165, 1.54) is 22.8 Å². The largest absolute Gasteiger partial charge is 0.418 e. The zero-order valence-corrected chi connectivity index (χ0v) is 21.5. The molecule has 2 N–H and O–H groups in total. The highest BCUT2D eigenvalue weighted by atomic mass is 32.2. The number of carbonyl (C=O) groups is 2. The first kappa shape index (κ1) is 27.9. The molecule has 0 aliphatic carbocycles. The molecular weight excluding hydrogens is 529 g/mol. The highest BCUT2D eigenvalue weighted by Crippen LogP contribution is 2.34. The van der Waals surface area contributed by atoms with Crippen LogP contribution in [-0.2, 0) is 28.9 Å². The van der Waals surface area contributed by atoms with E-state index in [9.17, 15) is 27.6 Å². The lowest BCUT2D eigenvalue weighted by Crippen LogP contribution is -2.26. The van der Waals surface area contributed by atoms with Gasteiger partial charge in [-0.25, -0.2) is 4.98 Å². The fraction of sp³-hybridized carbons (Fsp3) is 0.214. The summed E-state index contributed by atoms with van der Waals surface area (Å²) in [4.78, 5) is 42.6. The van der Waals surface area contributed by atoms with E-state index < -0.39 is 17.6 Å². The van der Waals surface area contributed by atoms with E-state index in [2.05, 4.69) is 15.6 Å². The molecule has 0 radical (unpaired) electrons. The lowest BCUT2D eigenvalue weighted by molar-refractivity contribution is -0.137. The molecule has 0 saturated heterocycles. The van der Waals surface area contributed by atoms with Gasteiger partial charge >= 0.3 is 6.18 Å². The first-order valence-electron chi connectivity index (χ1n) is 12.1. The van der Waals surface area contributed by atoms with E-state index in [1.54, 1.807) is 24.3 Å². The molecule has 202 valence electrons. The molecule has 0 bridgehead atoms. The van der Waals surface area contributed by atoms with E-state index in [4.69, 9.17) is 0 Å². The third kappa shape index (κ3) is 7.47. The summed E-state index contributed by atoms with van der Waals surface area (Å²) in [5.74, 6) is -1.11. The van der Waals surface area contributed by atoms with Gasteiger partial charge in [-0.05, 0) is 36.2 Å². The van der Waals surface area contributed by atoms with Crippen molar-refractivity contribution in [3.05, 3.63) is 100 Å². The fourth-order valence-corrected chi connectivity index (χ4v) is 4.72. The summed E-state index contributed by atoms with van der Waals surface area (Å²) < 4.78 is 41.2. The molecule has 0 saturated carbocycles. The zero-order valence-electron chi connectivity index (χ0n) is 20.7. The minimum Gasteiger partial charge on any atom is -0.352 e. The maximum Gasteiger partial charge on any atom is 0.418 e. The second-order valence-corrected chi connectivity index (χ2v) is 9.56. The molecule has 0 aliphatic rings. The van der Waals surface area contributed by atoms with E-state index >= 15 is 0 Å². The highest BCUT2D eigenvalue weighted by Gasteiger charge is 2.33. The minimum absolute atomic E-state index is 0.169. The Kier molecular flexibility index (Phi) is 9.03. The number of anilines is 1. The van der Waals surface area contributed by atoms with Crippen molar-refractivity contribution in [3.63, 3.8) is 0 Å². The van der Waals surface area contributed by atoms with Gasteiger partial charge in [-0.15, -0.1) is 0 Å². The van der Waals surface area contributed by atoms with Crippen LogP contribution >= 0.6 is 11.8 Å². The molecule has 1 aromatic heterocycles. The van der Waals surface area contributed by atoms with Gasteiger partial charge in [0.05, 0.1) is 27.9 Å². The second-order valence-electron chi connectivity index (χ2n) is 8.61. The molecular formula is C28H25F3N4O3S.